The van der Waals surface area contributed by atoms with Crippen molar-refractivity contribution in [3.05, 3.63) is 90.1 Å². The molecule has 15 nitrogen and oxygen atoms in total. The number of methoxy groups -OCH3 is 2. The number of hydrazine groups is 1. The Morgan fingerprint density at radius 3 is 1.77 bits per heavy atom. The van der Waals surface area contributed by atoms with E-state index in [-0.39, 0.29) is 26.1 Å². The van der Waals surface area contributed by atoms with E-state index in [4.69, 9.17) is 14.2 Å². The number of amides is 4. The molecule has 0 aliphatic heterocycles. The maximum absolute atomic E-state index is 14.2. The van der Waals surface area contributed by atoms with Crippen LogP contribution < -0.4 is 21.4 Å². The van der Waals surface area contributed by atoms with Gasteiger partial charge >= 0.3 is 18.2 Å². The molecule has 0 saturated carbocycles. The molecule has 1 heterocycles. The zero-order valence-electron chi connectivity index (χ0n) is 34.8. The van der Waals surface area contributed by atoms with Crippen LogP contribution in [0.25, 0.3) is 11.3 Å². The number of nitrogens with one attached hydrogen (secondary N) is 4. The van der Waals surface area contributed by atoms with Crippen molar-refractivity contribution in [3.8, 4) is 11.3 Å². The molecule has 0 fully saturated rings. The molecule has 1 aromatic heterocycles. The summed E-state index contributed by atoms with van der Waals surface area (Å²) in [5.41, 5.74) is 4.78. The predicted octanol–water partition coefficient (Wildman–Crippen LogP) is 4.32. The number of aromatic nitrogens is 1. The predicted molar refractivity (Wildman–Crippen MR) is 216 cm³/mol. The van der Waals surface area contributed by atoms with Crippen LogP contribution in [0.5, 0.6) is 0 Å². The average Bonchev–Trinajstić information content (AvgIpc) is 3.14. The van der Waals surface area contributed by atoms with Gasteiger partial charge in [0.2, 0.25) is 5.91 Å². The summed E-state index contributed by atoms with van der Waals surface area (Å²) in [6, 6.07) is 19.7. The van der Waals surface area contributed by atoms with E-state index in [0.717, 1.165) is 22.4 Å². The van der Waals surface area contributed by atoms with E-state index < -0.39 is 65.0 Å². The van der Waals surface area contributed by atoms with Gasteiger partial charge in [-0.2, -0.15) is 0 Å². The molecule has 4 N–H and O–H groups in total. The van der Waals surface area contributed by atoms with Crippen molar-refractivity contribution in [2.24, 2.45) is 10.8 Å². The topological polar surface area (TPSA) is 181 Å². The van der Waals surface area contributed by atoms with E-state index in [0.29, 0.717) is 0 Å². The van der Waals surface area contributed by atoms with Crippen LogP contribution in [0.3, 0.4) is 0 Å². The zero-order chi connectivity index (χ0) is 42.3. The van der Waals surface area contributed by atoms with Gasteiger partial charge in [0.1, 0.15) is 18.2 Å². The highest BCUT2D eigenvalue weighted by Gasteiger charge is 2.38. The van der Waals surface area contributed by atoms with Gasteiger partial charge in [-0.1, -0.05) is 102 Å². The normalized spacial score (nSPS) is 13.8. The highest BCUT2D eigenvalue weighted by molar-refractivity contribution is 5.87. The van der Waals surface area contributed by atoms with E-state index in [9.17, 15) is 24.0 Å². The second-order valence-corrected chi connectivity index (χ2v) is 16.2. The number of carbonyl (C=O) groups excluding carboxylic acids is 5. The second kappa shape index (κ2) is 21.1. The highest BCUT2D eigenvalue weighted by atomic mass is 16.6. The molecule has 0 spiro atoms. The van der Waals surface area contributed by atoms with Crippen LogP contribution in [0, 0.1) is 10.8 Å². The summed E-state index contributed by atoms with van der Waals surface area (Å²) >= 11 is 0. The van der Waals surface area contributed by atoms with Gasteiger partial charge in [0.25, 0.3) is 5.91 Å². The highest BCUT2D eigenvalue weighted by Crippen LogP contribution is 2.23. The molecule has 0 unspecified atom stereocenters. The first-order valence-electron chi connectivity index (χ1n) is 18.7. The van der Waals surface area contributed by atoms with Gasteiger partial charge in [-0.15, -0.1) is 0 Å². The number of alkyl carbamates (subject to hydrolysis) is 2. The van der Waals surface area contributed by atoms with Crippen molar-refractivity contribution in [3.63, 3.8) is 0 Å². The minimum absolute atomic E-state index is 0.0620. The lowest BCUT2D eigenvalue weighted by molar-refractivity contribution is -0.154. The molecule has 0 saturated heterocycles. The number of likely N-dealkylation sites (N-methyl/N-ethyl adjacent to an activating group) is 1. The maximum atomic E-state index is 14.2. The summed E-state index contributed by atoms with van der Waals surface area (Å²) in [5, 5.41) is 9.95. The van der Waals surface area contributed by atoms with E-state index in [2.05, 4.69) is 26.4 Å². The number of hydrogen-bond acceptors (Lipinski definition) is 11. The van der Waals surface area contributed by atoms with Gasteiger partial charge in [0.05, 0.1) is 39.0 Å². The van der Waals surface area contributed by atoms with E-state index in [1.54, 1.807) is 71.7 Å². The second-order valence-electron chi connectivity index (χ2n) is 16.2. The number of rotatable bonds is 17. The standard InChI is InChI=1S/C42H59N7O8/c1-41(2,3)35(45-39(53)55-9)37(51)44-32(24-28-16-12-11-13-17-28)33(57-34(50)27-48(7)8)26-49(47-38(52)36(42(4,5)6)46-40(54)56-10)25-29-19-21-30(22-20-29)31-18-14-15-23-43-31/h11-23,32-33,35-36H,24-27H2,1-10H3,(H,44,51)(H,45,53)(H,46,54)(H,47,52)/t32-,33-,35+,36+/m0/s1. The Kier molecular flexibility index (Phi) is 17.0. The van der Waals surface area contributed by atoms with Gasteiger partial charge < -0.3 is 30.2 Å². The van der Waals surface area contributed by atoms with Crippen LogP contribution in [-0.2, 0) is 41.6 Å². The van der Waals surface area contributed by atoms with Crippen LogP contribution in [0.4, 0.5) is 9.59 Å². The molecule has 0 aliphatic carbocycles. The molecule has 3 aromatic rings. The lowest BCUT2D eigenvalue weighted by atomic mass is 9.85. The molecular formula is C42H59N7O8. The Hall–Kier alpha value is -5.54. The minimum Gasteiger partial charge on any atom is -0.458 e. The van der Waals surface area contributed by atoms with Gasteiger partial charge in [-0.05, 0) is 54.6 Å². The molecule has 0 bridgehead atoms. The third kappa shape index (κ3) is 15.1. The quantitative estimate of drug-likeness (QED) is 0.0869. The number of esters is 1. The number of pyridine rings is 1. The maximum Gasteiger partial charge on any atom is 0.407 e. The summed E-state index contributed by atoms with van der Waals surface area (Å²) in [5.74, 6) is -1.64. The Morgan fingerprint density at radius 1 is 0.702 bits per heavy atom. The Bertz CT molecular complexity index is 1760. The zero-order valence-corrected chi connectivity index (χ0v) is 34.8. The molecule has 2 aromatic carbocycles. The molecule has 4 atom stereocenters. The van der Waals surface area contributed by atoms with Crippen molar-refractivity contribution in [2.45, 2.75) is 78.7 Å². The molecule has 3 rings (SSSR count). The molecule has 15 heteroatoms. The van der Waals surface area contributed by atoms with E-state index in [1.807, 2.05) is 72.8 Å². The van der Waals surface area contributed by atoms with Crippen molar-refractivity contribution in [2.75, 3.05) is 41.4 Å². The smallest absolute Gasteiger partial charge is 0.407 e. The fourth-order valence-electron chi connectivity index (χ4n) is 5.95. The fraction of sp³-hybridized carbons (Fsp3) is 0.476. The first kappa shape index (κ1) is 45.8. The molecule has 310 valence electrons. The van der Waals surface area contributed by atoms with Gasteiger partial charge in [-0.3, -0.25) is 29.7 Å². The van der Waals surface area contributed by atoms with Crippen molar-refractivity contribution in [1.82, 2.24) is 36.3 Å². The first-order valence-corrected chi connectivity index (χ1v) is 18.7. The lowest BCUT2D eigenvalue weighted by Gasteiger charge is -2.37. The fourth-order valence-corrected chi connectivity index (χ4v) is 5.95. The molecule has 4 amide bonds. The third-order valence-electron chi connectivity index (χ3n) is 8.91. The SMILES string of the molecule is COC(=O)N[C@H](C(=O)N[C@@H](Cc1ccccc1)[C@H](CN(Cc1ccc(-c2ccccn2)cc1)NC(=O)[C@@H](NC(=O)OC)C(C)(C)C)OC(=O)CN(C)C)C(C)(C)C. The third-order valence-corrected chi connectivity index (χ3v) is 8.91. The Labute approximate surface area is 336 Å². The number of benzene rings is 2. The van der Waals surface area contributed by atoms with Crippen LogP contribution in [-0.4, -0.2) is 110 Å². The summed E-state index contributed by atoms with van der Waals surface area (Å²) < 4.78 is 15.9. The molecule has 0 aliphatic rings. The molecule has 0 radical (unpaired) electrons. The summed E-state index contributed by atoms with van der Waals surface area (Å²) in [6.45, 7) is 10.8. The van der Waals surface area contributed by atoms with Crippen LogP contribution in [0.1, 0.15) is 52.7 Å². The lowest BCUT2D eigenvalue weighted by Crippen LogP contribution is -2.61. The molecule has 57 heavy (non-hydrogen) atoms. The number of hydrogen-bond donors (Lipinski definition) is 4. The summed E-state index contributed by atoms with van der Waals surface area (Å²) in [4.78, 5) is 72.7. The van der Waals surface area contributed by atoms with Crippen LogP contribution in [0.15, 0.2) is 79.0 Å². The van der Waals surface area contributed by atoms with Crippen LogP contribution in [0.2, 0.25) is 0 Å². The minimum atomic E-state index is -1.06. The monoisotopic (exact) mass is 789 g/mol. The molecular weight excluding hydrogens is 731 g/mol. The summed E-state index contributed by atoms with van der Waals surface area (Å²) in [7, 11) is 5.89. The van der Waals surface area contributed by atoms with E-state index in [1.165, 1.54) is 14.2 Å². The van der Waals surface area contributed by atoms with Gasteiger partial charge in [0, 0.05) is 18.3 Å². The Balaban J connectivity index is 2.13. The first-order chi connectivity index (χ1) is 26.8. The summed E-state index contributed by atoms with van der Waals surface area (Å²) in [6.07, 6.45) is -0.689. The van der Waals surface area contributed by atoms with E-state index >= 15 is 0 Å². The number of nitrogens with zero attached hydrogens (tertiary/aromatic N) is 3. The number of carbonyl (C=O) groups is 5. The largest absolute Gasteiger partial charge is 0.458 e. The average molecular weight is 790 g/mol. The van der Waals surface area contributed by atoms with Crippen molar-refractivity contribution < 1.29 is 38.2 Å². The van der Waals surface area contributed by atoms with Crippen molar-refractivity contribution >= 4 is 30.0 Å². The van der Waals surface area contributed by atoms with Crippen LogP contribution >= 0.6 is 0 Å². The van der Waals surface area contributed by atoms with Gasteiger partial charge in [0.15, 0.2) is 0 Å². The number of ether oxygens (including phenoxy) is 3. The Morgan fingerprint density at radius 2 is 1.26 bits per heavy atom. The van der Waals surface area contributed by atoms with Gasteiger partial charge in [-0.25, -0.2) is 14.6 Å². The van der Waals surface area contributed by atoms with Crippen molar-refractivity contribution in [1.29, 1.82) is 0 Å².